The third-order valence-corrected chi connectivity index (χ3v) is 3.17. The van der Waals surface area contributed by atoms with E-state index in [4.69, 9.17) is 0 Å². The first-order valence-electron chi connectivity index (χ1n) is 6.84. The van der Waals surface area contributed by atoms with Gasteiger partial charge < -0.3 is 0 Å². The largest absolute Gasteiger partial charge is 0.0842 e. The molecule has 0 radical (unpaired) electrons. The van der Waals surface area contributed by atoms with Crippen LogP contribution in [0, 0.1) is 0 Å². The van der Waals surface area contributed by atoms with E-state index in [9.17, 15) is 0 Å². The quantitative estimate of drug-likeness (QED) is 0.607. The Kier molecular flexibility index (Phi) is 4.74. The smallest absolute Gasteiger partial charge is 0.0184 e. The summed E-state index contributed by atoms with van der Waals surface area (Å²) >= 11 is 0. The van der Waals surface area contributed by atoms with E-state index in [0.29, 0.717) is 0 Å². The molecule has 0 spiro atoms. The maximum atomic E-state index is 2.19. The van der Waals surface area contributed by atoms with Gasteiger partial charge in [-0.3, -0.25) is 0 Å². The molecule has 0 aliphatic rings. The van der Waals surface area contributed by atoms with E-state index in [1.807, 2.05) is 6.07 Å². The van der Waals surface area contributed by atoms with Gasteiger partial charge in [-0.15, -0.1) is 0 Å². The average Bonchev–Trinajstić information content (AvgIpc) is 2.49. The lowest BCUT2D eigenvalue weighted by molar-refractivity contribution is 1.22. The van der Waals surface area contributed by atoms with Crippen molar-refractivity contribution in [1.82, 2.24) is 0 Å². The molecule has 0 nitrogen and oxygen atoms in total. The lowest BCUT2D eigenvalue weighted by Crippen LogP contribution is -1.82. The van der Waals surface area contributed by atoms with Gasteiger partial charge in [-0.2, -0.15) is 0 Å². The predicted octanol–water partition coefficient (Wildman–Crippen LogP) is 5.72. The van der Waals surface area contributed by atoms with Gasteiger partial charge in [0.05, 0.1) is 0 Å². The van der Waals surface area contributed by atoms with Crippen molar-refractivity contribution in [3.05, 3.63) is 78.4 Å². The third-order valence-electron chi connectivity index (χ3n) is 3.17. The number of hydrogen-bond donors (Lipinski definition) is 0. The van der Waals surface area contributed by atoms with Crippen LogP contribution in [0.2, 0.25) is 0 Å². The summed E-state index contributed by atoms with van der Waals surface area (Å²) in [6.45, 7) is 4.24. The first-order valence-corrected chi connectivity index (χ1v) is 6.84. The molecular weight excluding hydrogens is 228 g/mol. The molecule has 96 valence electrons. The van der Waals surface area contributed by atoms with Gasteiger partial charge in [0, 0.05) is 0 Å². The molecule has 2 aromatic carbocycles. The Morgan fingerprint density at radius 3 is 2.11 bits per heavy atom. The minimum Gasteiger partial charge on any atom is -0.0842 e. The van der Waals surface area contributed by atoms with Crippen LogP contribution in [-0.4, -0.2) is 0 Å². The van der Waals surface area contributed by atoms with E-state index in [2.05, 4.69) is 80.6 Å². The topological polar surface area (TPSA) is 0 Å². The zero-order valence-corrected chi connectivity index (χ0v) is 11.6. The van der Waals surface area contributed by atoms with Gasteiger partial charge in [-0.25, -0.2) is 0 Å². The first kappa shape index (κ1) is 13.4. The molecule has 19 heavy (non-hydrogen) atoms. The SMILES string of the molecule is C/C=C(\C=C/CC)c1ccc(-c2ccccc2)cc1. The summed E-state index contributed by atoms with van der Waals surface area (Å²) in [5, 5.41) is 0. The van der Waals surface area contributed by atoms with Crippen LogP contribution in [0.15, 0.2) is 72.8 Å². The summed E-state index contributed by atoms with van der Waals surface area (Å²) < 4.78 is 0. The van der Waals surface area contributed by atoms with Gasteiger partial charge >= 0.3 is 0 Å². The summed E-state index contributed by atoms with van der Waals surface area (Å²) in [7, 11) is 0. The minimum absolute atomic E-state index is 1.07. The fourth-order valence-electron chi connectivity index (χ4n) is 2.09. The predicted molar refractivity (Wildman–Crippen MR) is 85.0 cm³/mol. The van der Waals surface area contributed by atoms with E-state index >= 15 is 0 Å². The highest BCUT2D eigenvalue weighted by Crippen LogP contribution is 2.23. The Morgan fingerprint density at radius 1 is 0.895 bits per heavy atom. The lowest BCUT2D eigenvalue weighted by Gasteiger charge is -2.05. The monoisotopic (exact) mass is 248 g/mol. The normalized spacial score (nSPS) is 12.0. The second-order valence-electron chi connectivity index (χ2n) is 4.50. The number of rotatable bonds is 4. The third kappa shape index (κ3) is 3.45. The van der Waals surface area contributed by atoms with Crippen molar-refractivity contribution in [3.63, 3.8) is 0 Å². The molecule has 0 fully saturated rings. The van der Waals surface area contributed by atoms with Crippen LogP contribution in [0.5, 0.6) is 0 Å². The van der Waals surface area contributed by atoms with E-state index in [0.717, 1.165) is 6.42 Å². The van der Waals surface area contributed by atoms with E-state index in [1.54, 1.807) is 0 Å². The molecule has 2 rings (SSSR count). The number of hydrogen-bond acceptors (Lipinski definition) is 0. The second-order valence-corrected chi connectivity index (χ2v) is 4.50. The summed E-state index contributed by atoms with van der Waals surface area (Å²) in [4.78, 5) is 0. The fraction of sp³-hybridized carbons (Fsp3) is 0.158. The van der Waals surface area contributed by atoms with Crippen LogP contribution in [0.4, 0.5) is 0 Å². The van der Waals surface area contributed by atoms with Crippen LogP contribution in [0.25, 0.3) is 16.7 Å². The second kappa shape index (κ2) is 6.75. The Balaban J connectivity index is 2.26. The molecule has 0 saturated heterocycles. The summed E-state index contributed by atoms with van der Waals surface area (Å²) in [5.41, 5.74) is 5.08. The highest BCUT2D eigenvalue weighted by atomic mass is 14.0. The van der Waals surface area contributed by atoms with Crippen molar-refractivity contribution in [2.45, 2.75) is 20.3 Å². The molecule has 0 aliphatic heterocycles. The molecule has 0 heterocycles. The van der Waals surface area contributed by atoms with Crippen LogP contribution in [0.3, 0.4) is 0 Å². The van der Waals surface area contributed by atoms with E-state index < -0.39 is 0 Å². The Labute approximate surface area is 116 Å². The molecule has 0 saturated carbocycles. The van der Waals surface area contributed by atoms with E-state index in [1.165, 1.54) is 22.3 Å². The van der Waals surface area contributed by atoms with Gasteiger partial charge in [-0.1, -0.05) is 79.7 Å². The summed E-state index contributed by atoms with van der Waals surface area (Å²) in [5.74, 6) is 0. The van der Waals surface area contributed by atoms with Crippen LogP contribution < -0.4 is 0 Å². The maximum absolute atomic E-state index is 2.19. The van der Waals surface area contributed by atoms with Crippen molar-refractivity contribution in [3.8, 4) is 11.1 Å². The molecular formula is C19H20. The zero-order chi connectivity index (χ0) is 13.5. The van der Waals surface area contributed by atoms with E-state index in [-0.39, 0.29) is 0 Å². The van der Waals surface area contributed by atoms with Crippen molar-refractivity contribution < 1.29 is 0 Å². The van der Waals surface area contributed by atoms with Crippen molar-refractivity contribution in [2.75, 3.05) is 0 Å². The highest BCUT2D eigenvalue weighted by Gasteiger charge is 1.99. The van der Waals surface area contributed by atoms with Crippen molar-refractivity contribution in [1.29, 1.82) is 0 Å². The van der Waals surface area contributed by atoms with Gasteiger partial charge in [0.2, 0.25) is 0 Å². The van der Waals surface area contributed by atoms with Gasteiger partial charge in [0.1, 0.15) is 0 Å². The molecule has 0 N–H and O–H groups in total. The summed E-state index contributed by atoms with van der Waals surface area (Å²) in [6, 6.07) is 19.2. The molecule has 0 heteroatoms. The van der Waals surface area contributed by atoms with Crippen LogP contribution in [0.1, 0.15) is 25.8 Å². The van der Waals surface area contributed by atoms with Crippen LogP contribution >= 0.6 is 0 Å². The molecule has 0 atom stereocenters. The van der Waals surface area contributed by atoms with Crippen molar-refractivity contribution >= 4 is 5.57 Å². The minimum atomic E-state index is 1.07. The van der Waals surface area contributed by atoms with Crippen molar-refractivity contribution in [2.24, 2.45) is 0 Å². The number of allylic oxidation sites excluding steroid dienone is 4. The molecule has 0 amide bonds. The molecule has 2 aromatic rings. The standard InChI is InChI=1S/C19H20/c1-3-5-9-16(4-2)18-12-14-19(15-13-18)17-10-7-6-8-11-17/h4-15H,3H2,1-2H3/b9-5-,16-4+. The zero-order valence-electron chi connectivity index (χ0n) is 11.6. The molecule has 0 unspecified atom stereocenters. The van der Waals surface area contributed by atoms with Crippen LogP contribution in [-0.2, 0) is 0 Å². The average molecular weight is 248 g/mol. The molecule has 0 bridgehead atoms. The van der Waals surface area contributed by atoms with Gasteiger partial charge in [-0.05, 0) is 35.6 Å². The maximum Gasteiger partial charge on any atom is -0.0184 e. The Hall–Kier alpha value is -2.08. The fourth-order valence-corrected chi connectivity index (χ4v) is 2.09. The van der Waals surface area contributed by atoms with Gasteiger partial charge in [0.15, 0.2) is 0 Å². The summed E-state index contributed by atoms with van der Waals surface area (Å²) in [6.07, 6.45) is 7.61. The number of benzene rings is 2. The van der Waals surface area contributed by atoms with Gasteiger partial charge in [0.25, 0.3) is 0 Å². The Morgan fingerprint density at radius 2 is 1.53 bits per heavy atom. The first-order chi connectivity index (χ1) is 9.35. The molecule has 0 aromatic heterocycles. The Bertz CT molecular complexity index is 557. The highest BCUT2D eigenvalue weighted by molar-refractivity contribution is 5.75. The molecule has 0 aliphatic carbocycles. The lowest BCUT2D eigenvalue weighted by atomic mass is 10.00.